The topological polar surface area (TPSA) is 46.5 Å². The fourth-order valence-electron chi connectivity index (χ4n) is 7.09. The molecule has 2 aliphatic rings. The Bertz CT molecular complexity index is 1680. The van der Waals surface area contributed by atoms with E-state index in [-0.39, 0.29) is 21.1 Å². The van der Waals surface area contributed by atoms with Crippen LogP contribution in [0, 0.1) is 0 Å². The molecule has 0 aromatic carbocycles. The number of H-pyrrole nitrogens is 1. The maximum absolute atomic E-state index is 5.22. The van der Waals surface area contributed by atoms with Crippen molar-refractivity contribution in [3.05, 3.63) is 68.3 Å². The number of aromatic nitrogens is 4. The molecule has 41 heavy (non-hydrogen) atoms. The van der Waals surface area contributed by atoms with E-state index >= 15 is 0 Å². The van der Waals surface area contributed by atoms with Gasteiger partial charge >= 0.3 is 0 Å². The van der Waals surface area contributed by atoms with Gasteiger partial charge in [-0.2, -0.15) is 0 Å². The van der Waals surface area contributed by atoms with E-state index in [9.17, 15) is 0 Å². The van der Waals surface area contributed by atoms with Crippen molar-refractivity contribution >= 4 is 45.9 Å². The third-order valence-electron chi connectivity index (χ3n) is 8.86. The number of aromatic amines is 1. The summed E-state index contributed by atoms with van der Waals surface area (Å²) in [6, 6.07) is 4.45. The number of hydrogen-bond acceptors (Lipinski definition) is 2. The number of allylic oxidation sites excluding steroid dienone is 1. The van der Waals surface area contributed by atoms with Gasteiger partial charge in [0.1, 0.15) is 0 Å². The van der Waals surface area contributed by atoms with Crippen LogP contribution in [0.4, 0.5) is 0 Å². The van der Waals surface area contributed by atoms with Crippen molar-refractivity contribution in [3.8, 4) is 0 Å². The summed E-state index contributed by atoms with van der Waals surface area (Å²) in [5.41, 5.74) is 19.4. The Morgan fingerprint density at radius 1 is 0.585 bits per heavy atom. The van der Waals surface area contributed by atoms with Crippen LogP contribution in [0.1, 0.15) is 118 Å². The van der Waals surface area contributed by atoms with Gasteiger partial charge in [-0.3, -0.25) is 0 Å². The van der Waals surface area contributed by atoms with Crippen molar-refractivity contribution in [2.45, 2.75) is 107 Å². The molecule has 5 rings (SSSR count). The first-order valence-electron chi connectivity index (χ1n) is 15.7. The van der Waals surface area contributed by atoms with Gasteiger partial charge in [0.25, 0.3) is 0 Å². The Balaban J connectivity index is 0.00000387. The van der Waals surface area contributed by atoms with Crippen molar-refractivity contribution in [2.75, 3.05) is 0 Å². The van der Waals surface area contributed by atoms with E-state index in [4.69, 9.17) is 9.97 Å². The zero-order valence-electron chi connectivity index (χ0n) is 26.2. The van der Waals surface area contributed by atoms with Gasteiger partial charge in [-0.1, -0.05) is 48.5 Å². The first-order chi connectivity index (χ1) is 19.5. The van der Waals surface area contributed by atoms with Crippen molar-refractivity contribution in [3.63, 3.8) is 0 Å². The van der Waals surface area contributed by atoms with E-state index in [2.05, 4.69) is 95.3 Å². The van der Waals surface area contributed by atoms with Crippen LogP contribution < -0.4 is 0 Å². The van der Waals surface area contributed by atoms with E-state index < -0.39 is 0 Å². The minimum absolute atomic E-state index is 0. The fraction of sp³-hybridized carbons (Fsp3) is 0.444. The molecule has 0 unspecified atom stereocenters. The SMILES string of the molecule is CCC1=Cc2cc3nc(cc4c(CC)c(CC)c(c(CC)c5[nH]c(c(CC)c1n2)c(CC)c5CC)n4CC)C=C3.[Pt]. The quantitative estimate of drug-likeness (QED) is 0.197. The molecule has 0 aliphatic carbocycles. The van der Waals surface area contributed by atoms with Gasteiger partial charge in [0.2, 0.25) is 0 Å². The molecule has 3 aromatic rings. The first kappa shape index (κ1) is 31.2. The zero-order valence-corrected chi connectivity index (χ0v) is 28.5. The molecule has 3 aromatic heterocycles. The van der Waals surface area contributed by atoms with Crippen LogP contribution in [0.25, 0.3) is 45.9 Å². The second kappa shape index (κ2) is 13.1. The molecule has 8 bridgehead atoms. The molecule has 0 atom stereocenters. The van der Waals surface area contributed by atoms with Gasteiger partial charge in [0.05, 0.1) is 22.8 Å². The average molecular weight is 730 g/mol. The Morgan fingerprint density at radius 3 is 1.68 bits per heavy atom. The van der Waals surface area contributed by atoms with Crippen LogP contribution in [0.3, 0.4) is 0 Å². The molecule has 2 aliphatic heterocycles. The van der Waals surface area contributed by atoms with Gasteiger partial charge < -0.3 is 9.55 Å². The summed E-state index contributed by atoms with van der Waals surface area (Å²) in [6.45, 7) is 19.3. The van der Waals surface area contributed by atoms with E-state index in [1.165, 1.54) is 61.0 Å². The number of nitrogens with zero attached hydrogens (tertiary/aromatic N) is 3. The number of fused-ring (bicyclic) bond motifs is 8. The maximum Gasteiger partial charge on any atom is 0.0722 e. The Labute approximate surface area is 260 Å². The summed E-state index contributed by atoms with van der Waals surface area (Å²) in [4.78, 5) is 14.3. The van der Waals surface area contributed by atoms with Gasteiger partial charge in [0, 0.05) is 55.2 Å². The van der Waals surface area contributed by atoms with Gasteiger partial charge in [-0.25, -0.2) is 9.97 Å². The molecule has 0 amide bonds. The van der Waals surface area contributed by atoms with Crippen LogP contribution in [-0.4, -0.2) is 19.5 Å². The molecule has 220 valence electrons. The van der Waals surface area contributed by atoms with Crippen molar-refractivity contribution < 1.29 is 21.1 Å². The molecule has 0 saturated heterocycles. The second-order valence-corrected chi connectivity index (χ2v) is 10.8. The van der Waals surface area contributed by atoms with Crippen LogP contribution in [0.5, 0.6) is 0 Å². The minimum Gasteiger partial charge on any atom is -0.354 e. The van der Waals surface area contributed by atoms with Crippen molar-refractivity contribution in [1.29, 1.82) is 0 Å². The van der Waals surface area contributed by atoms with E-state index in [0.29, 0.717) is 0 Å². The molecule has 5 heterocycles. The third kappa shape index (κ3) is 5.22. The van der Waals surface area contributed by atoms with Crippen LogP contribution >= 0.6 is 0 Å². The molecule has 0 fully saturated rings. The molecular weight excluding hydrogens is 684 g/mol. The van der Waals surface area contributed by atoms with Crippen molar-refractivity contribution in [2.24, 2.45) is 0 Å². The molecule has 0 saturated carbocycles. The molecule has 0 radical (unpaired) electrons. The largest absolute Gasteiger partial charge is 0.354 e. The molecule has 1 N–H and O–H groups in total. The Morgan fingerprint density at radius 2 is 1.15 bits per heavy atom. The predicted molar refractivity (Wildman–Crippen MR) is 174 cm³/mol. The van der Waals surface area contributed by atoms with Gasteiger partial charge in [-0.15, -0.1) is 0 Å². The smallest absolute Gasteiger partial charge is 0.0722 e. The molecule has 5 heteroatoms. The third-order valence-corrected chi connectivity index (χ3v) is 8.86. The monoisotopic (exact) mass is 729 g/mol. The zero-order chi connectivity index (χ0) is 28.6. The van der Waals surface area contributed by atoms with E-state index in [1.807, 2.05) is 0 Å². The van der Waals surface area contributed by atoms with Crippen LogP contribution in [0.2, 0.25) is 0 Å². The summed E-state index contributed by atoms with van der Waals surface area (Å²) in [7, 11) is 0. The van der Waals surface area contributed by atoms with E-state index in [1.54, 1.807) is 0 Å². The van der Waals surface area contributed by atoms with Crippen LogP contribution in [0.15, 0.2) is 12.1 Å². The molecular formula is C36H46N4Pt. The Kier molecular flexibility index (Phi) is 9.96. The minimum atomic E-state index is 0. The molecule has 4 nitrogen and oxygen atoms in total. The summed E-state index contributed by atoms with van der Waals surface area (Å²) < 4.78 is 2.57. The first-order valence-corrected chi connectivity index (χ1v) is 15.7. The van der Waals surface area contributed by atoms with Crippen LogP contribution in [-0.2, 0) is 66.1 Å². The number of nitrogens with one attached hydrogen (secondary N) is 1. The molecule has 0 spiro atoms. The number of hydrogen-bond donors (Lipinski definition) is 1. The normalized spacial score (nSPS) is 12.5. The summed E-state index contributed by atoms with van der Waals surface area (Å²) >= 11 is 0. The van der Waals surface area contributed by atoms with E-state index in [0.717, 1.165) is 74.3 Å². The van der Waals surface area contributed by atoms with Gasteiger partial charge in [0.15, 0.2) is 0 Å². The summed E-state index contributed by atoms with van der Waals surface area (Å²) in [5.74, 6) is 0. The fourth-order valence-corrected chi connectivity index (χ4v) is 7.09. The summed E-state index contributed by atoms with van der Waals surface area (Å²) in [6.07, 6.45) is 13.5. The van der Waals surface area contributed by atoms with Gasteiger partial charge in [-0.05, 0) is 116 Å². The predicted octanol–water partition coefficient (Wildman–Crippen LogP) is 9.30. The number of rotatable bonds is 8. The maximum atomic E-state index is 5.22. The summed E-state index contributed by atoms with van der Waals surface area (Å²) in [5, 5.41) is 0. The second-order valence-electron chi connectivity index (χ2n) is 10.8. The Hall–Kier alpha value is -2.71. The average Bonchev–Trinajstić information content (AvgIpc) is 3.73. The standard InChI is InChI=1S/C36H46N4.Pt/c1-9-22-19-25-20-23-17-18-24(37-23)21-32-26(10-2)29(13-5)36(40(32)16-8)31(15-7)35-28(12-4)27(11-3)34(39-35)30(14-6)33(22)38-25;/h17-21,39H,9-16H2,1-8H3;. The number of aryl methyl sites for hydroxylation is 7. The van der Waals surface area contributed by atoms with Crippen molar-refractivity contribution in [1.82, 2.24) is 19.5 Å².